The maximum absolute atomic E-state index is 4.89. The molecule has 0 aromatic rings. The Morgan fingerprint density at radius 3 is 3.30 bits per heavy atom. The topological polar surface area (TPSA) is 23.3 Å². The van der Waals surface area contributed by atoms with Crippen LogP contribution in [0, 0.1) is 0 Å². The fourth-order valence-corrected chi connectivity index (χ4v) is 1.10. The lowest BCUT2D eigenvalue weighted by atomic mass is 9.99. The summed E-state index contributed by atoms with van der Waals surface area (Å²) in [5.74, 6) is 0. The van der Waals surface area contributed by atoms with Crippen molar-refractivity contribution in [3.63, 3.8) is 0 Å². The van der Waals surface area contributed by atoms with E-state index in [0.29, 0.717) is 6.61 Å². The Kier molecular flexibility index (Phi) is 1.32. The minimum Gasteiger partial charge on any atom is -0.247 e. The predicted molar refractivity (Wildman–Crippen MR) is 38.0 cm³/mol. The monoisotopic (exact) mass is 134 g/mol. The molecule has 0 N–H and O–H groups in total. The molecule has 1 aliphatic carbocycles. The number of fused-ring (bicyclic) bond motifs is 1. The van der Waals surface area contributed by atoms with E-state index in [1.54, 1.807) is 6.20 Å². The summed E-state index contributed by atoms with van der Waals surface area (Å²) in [4.78, 5) is 4.89. The van der Waals surface area contributed by atoms with Crippen molar-refractivity contribution in [2.75, 3.05) is 6.61 Å². The van der Waals surface area contributed by atoms with Crippen LogP contribution < -0.4 is 5.48 Å². The molecule has 0 saturated heterocycles. The summed E-state index contributed by atoms with van der Waals surface area (Å²) in [5, 5.41) is 0. The molecule has 0 aromatic carbocycles. The van der Waals surface area contributed by atoms with Gasteiger partial charge in [-0.3, -0.25) is 0 Å². The number of allylic oxidation sites excluding steroid dienone is 3. The molecule has 0 saturated carbocycles. The van der Waals surface area contributed by atoms with Crippen LogP contribution in [0.5, 0.6) is 0 Å². The van der Waals surface area contributed by atoms with Crippen molar-refractivity contribution in [1.29, 1.82) is 0 Å². The van der Waals surface area contributed by atoms with Gasteiger partial charge in [-0.2, -0.15) is 0 Å². The van der Waals surface area contributed by atoms with Gasteiger partial charge in [0.1, 0.15) is 6.61 Å². The molecule has 0 aromatic heterocycles. The first kappa shape index (κ1) is 5.74. The lowest BCUT2D eigenvalue weighted by molar-refractivity contribution is 0.0746. The first-order valence-corrected chi connectivity index (χ1v) is 3.34. The summed E-state index contributed by atoms with van der Waals surface area (Å²) < 4.78 is 0. The van der Waals surface area contributed by atoms with E-state index in [2.05, 4.69) is 23.7 Å². The summed E-state index contributed by atoms with van der Waals surface area (Å²) in [5.41, 5.74) is 6.27. The molecule has 0 unspecified atom stereocenters. The standard InChI is InChI=1S/C8H8NO/c1-2-4-8-6-10-9-5-7(8)3-1/h1-2,4-5H,3,6H2. The largest absolute Gasteiger partial charge is 0.247 e. The van der Waals surface area contributed by atoms with Gasteiger partial charge in [-0.1, -0.05) is 18.2 Å². The van der Waals surface area contributed by atoms with Gasteiger partial charge in [-0.15, -0.1) is 5.48 Å². The maximum Gasteiger partial charge on any atom is 0.103 e. The average molecular weight is 134 g/mol. The van der Waals surface area contributed by atoms with Crippen molar-refractivity contribution >= 4 is 0 Å². The maximum atomic E-state index is 4.89. The third kappa shape index (κ3) is 0.866. The molecule has 10 heavy (non-hydrogen) atoms. The fourth-order valence-electron chi connectivity index (χ4n) is 1.10. The number of hydroxylamine groups is 1. The van der Waals surface area contributed by atoms with Crippen molar-refractivity contribution in [3.8, 4) is 0 Å². The summed E-state index contributed by atoms with van der Waals surface area (Å²) in [6, 6.07) is 0. The van der Waals surface area contributed by atoms with Gasteiger partial charge in [-0.25, -0.2) is 4.84 Å². The third-order valence-electron chi connectivity index (χ3n) is 1.69. The molecule has 0 atom stereocenters. The minimum atomic E-state index is 0.635. The van der Waals surface area contributed by atoms with E-state index in [1.807, 2.05) is 0 Å². The Bertz CT molecular complexity index is 225. The highest BCUT2D eigenvalue weighted by Crippen LogP contribution is 2.21. The smallest absolute Gasteiger partial charge is 0.103 e. The molecular formula is C8H8NO. The van der Waals surface area contributed by atoms with Crippen LogP contribution in [-0.4, -0.2) is 6.61 Å². The van der Waals surface area contributed by atoms with Gasteiger partial charge in [0.15, 0.2) is 0 Å². The highest BCUT2D eigenvalue weighted by Gasteiger charge is 2.11. The first-order chi connectivity index (χ1) is 4.97. The van der Waals surface area contributed by atoms with E-state index in [-0.39, 0.29) is 0 Å². The Labute approximate surface area is 59.8 Å². The van der Waals surface area contributed by atoms with E-state index in [4.69, 9.17) is 4.84 Å². The molecule has 2 aliphatic rings. The normalized spacial score (nSPS) is 22.4. The fraction of sp³-hybridized carbons (Fsp3) is 0.250. The van der Waals surface area contributed by atoms with Crippen LogP contribution in [-0.2, 0) is 4.84 Å². The molecule has 2 rings (SSSR count). The highest BCUT2D eigenvalue weighted by molar-refractivity contribution is 5.39. The molecule has 0 fully saturated rings. The molecule has 1 heterocycles. The summed E-state index contributed by atoms with van der Waals surface area (Å²) in [6.07, 6.45) is 9.04. The van der Waals surface area contributed by atoms with Crippen LogP contribution in [0.3, 0.4) is 0 Å². The Morgan fingerprint density at radius 1 is 1.40 bits per heavy atom. The highest BCUT2D eigenvalue weighted by atomic mass is 16.6. The van der Waals surface area contributed by atoms with Gasteiger partial charge >= 0.3 is 0 Å². The van der Waals surface area contributed by atoms with Crippen LogP contribution in [0.15, 0.2) is 35.6 Å². The van der Waals surface area contributed by atoms with Crippen molar-refractivity contribution < 1.29 is 4.84 Å². The van der Waals surface area contributed by atoms with Gasteiger partial charge in [0.05, 0.1) is 6.20 Å². The second kappa shape index (κ2) is 2.31. The van der Waals surface area contributed by atoms with E-state index < -0.39 is 0 Å². The number of nitrogens with zero attached hydrogens (tertiary/aromatic N) is 1. The lowest BCUT2D eigenvalue weighted by Gasteiger charge is -2.16. The van der Waals surface area contributed by atoms with E-state index >= 15 is 0 Å². The van der Waals surface area contributed by atoms with Crippen molar-refractivity contribution in [1.82, 2.24) is 5.48 Å². The van der Waals surface area contributed by atoms with Crippen molar-refractivity contribution in [3.05, 3.63) is 35.6 Å². The Balaban J connectivity index is 2.32. The molecule has 1 radical (unpaired) electrons. The third-order valence-corrected chi connectivity index (χ3v) is 1.69. The number of hydrogen-bond donors (Lipinski definition) is 0. The Morgan fingerprint density at radius 2 is 2.40 bits per heavy atom. The zero-order chi connectivity index (χ0) is 6.81. The lowest BCUT2D eigenvalue weighted by Crippen LogP contribution is -2.13. The predicted octanol–water partition coefficient (Wildman–Crippen LogP) is 1.31. The molecule has 51 valence electrons. The molecule has 2 nitrogen and oxygen atoms in total. The second-order valence-corrected chi connectivity index (χ2v) is 2.36. The number of hydrogen-bond acceptors (Lipinski definition) is 1. The number of rotatable bonds is 0. The summed E-state index contributed by atoms with van der Waals surface area (Å²) in [7, 11) is 0. The van der Waals surface area contributed by atoms with E-state index in [1.165, 1.54) is 11.1 Å². The van der Waals surface area contributed by atoms with Crippen molar-refractivity contribution in [2.45, 2.75) is 6.42 Å². The second-order valence-electron chi connectivity index (χ2n) is 2.36. The van der Waals surface area contributed by atoms with Gasteiger partial charge in [0.25, 0.3) is 0 Å². The van der Waals surface area contributed by atoms with Crippen LogP contribution in [0.4, 0.5) is 0 Å². The quantitative estimate of drug-likeness (QED) is 0.490. The van der Waals surface area contributed by atoms with Gasteiger partial charge in [0.2, 0.25) is 0 Å². The first-order valence-electron chi connectivity index (χ1n) is 3.34. The molecule has 0 spiro atoms. The zero-order valence-corrected chi connectivity index (χ0v) is 5.58. The van der Waals surface area contributed by atoms with Gasteiger partial charge < -0.3 is 0 Å². The molecule has 1 aliphatic heterocycles. The van der Waals surface area contributed by atoms with Crippen LogP contribution >= 0.6 is 0 Å². The van der Waals surface area contributed by atoms with Crippen LogP contribution in [0.25, 0.3) is 0 Å². The Hall–Kier alpha value is -1.02. The zero-order valence-electron chi connectivity index (χ0n) is 5.58. The van der Waals surface area contributed by atoms with Gasteiger partial charge in [-0.05, 0) is 17.6 Å². The van der Waals surface area contributed by atoms with Crippen LogP contribution in [0.2, 0.25) is 0 Å². The van der Waals surface area contributed by atoms with E-state index in [0.717, 1.165) is 6.42 Å². The van der Waals surface area contributed by atoms with Crippen molar-refractivity contribution in [2.24, 2.45) is 0 Å². The average Bonchev–Trinajstić information content (AvgIpc) is 2.05. The van der Waals surface area contributed by atoms with Crippen LogP contribution in [0.1, 0.15) is 6.42 Å². The molecular weight excluding hydrogens is 126 g/mol. The van der Waals surface area contributed by atoms with E-state index in [9.17, 15) is 0 Å². The minimum absolute atomic E-state index is 0.635. The summed E-state index contributed by atoms with van der Waals surface area (Å²) >= 11 is 0. The molecule has 2 heteroatoms. The SMILES string of the molecule is C1=CCC2=C[N]OCC2=C1. The molecule has 0 bridgehead atoms. The van der Waals surface area contributed by atoms with Gasteiger partial charge in [0, 0.05) is 0 Å². The molecule has 0 amide bonds. The summed E-state index contributed by atoms with van der Waals surface area (Å²) in [6.45, 7) is 0.635.